The van der Waals surface area contributed by atoms with E-state index in [1.54, 1.807) is 0 Å². The Kier molecular flexibility index (Phi) is 2.28. The minimum Gasteiger partial charge on any atom is -0.105 e. The van der Waals surface area contributed by atoms with Gasteiger partial charge in [0.2, 0.25) is 0 Å². The summed E-state index contributed by atoms with van der Waals surface area (Å²) in [6.45, 7) is 0. The van der Waals surface area contributed by atoms with Crippen molar-refractivity contribution < 1.29 is 1.43 Å². The predicted octanol–water partition coefficient (Wildman–Crippen LogP) is 1.27. The molecule has 0 aliphatic carbocycles. The van der Waals surface area contributed by atoms with Crippen molar-refractivity contribution in [2.45, 2.75) is 0 Å². The molecule has 0 nitrogen and oxygen atoms in total. The highest BCUT2D eigenvalue weighted by Crippen LogP contribution is 1.98. The van der Waals surface area contributed by atoms with Gasteiger partial charge in [-0.3, -0.25) is 0 Å². The third-order valence-electron chi connectivity index (χ3n) is 1.16. The van der Waals surface area contributed by atoms with Gasteiger partial charge in [0, 0.05) is 11.7 Å². The van der Waals surface area contributed by atoms with Gasteiger partial charge in [-0.05, 0) is 5.56 Å². The topological polar surface area (TPSA) is 0 Å². The quantitative estimate of drug-likeness (QED) is 0.510. The molecule has 1 heteroatoms. The lowest BCUT2D eigenvalue weighted by atomic mass is 10.2. The summed E-state index contributed by atoms with van der Waals surface area (Å²) < 4.78 is 0. The molecule has 0 aromatic heterocycles. The highest BCUT2D eigenvalue weighted by atomic mass is 28.1. The van der Waals surface area contributed by atoms with Gasteiger partial charge in [-0.1, -0.05) is 36.4 Å². The van der Waals surface area contributed by atoms with Gasteiger partial charge in [-0.15, -0.1) is 5.70 Å². The summed E-state index contributed by atoms with van der Waals surface area (Å²) in [6, 6.07) is 10.3. The summed E-state index contributed by atoms with van der Waals surface area (Å²) in [5.74, 6) is 0. The number of rotatable bonds is 1. The summed E-state index contributed by atoms with van der Waals surface area (Å²) in [6.07, 6.45) is 2.15. The first-order chi connectivity index (χ1) is 4.43. The second-order valence-electron chi connectivity index (χ2n) is 1.91. The molecule has 1 aromatic rings. The Balaban J connectivity index is 0.000000810. The van der Waals surface area contributed by atoms with Gasteiger partial charge >= 0.3 is 0 Å². The van der Waals surface area contributed by atoms with Gasteiger partial charge < -0.3 is 0 Å². The molecule has 0 aliphatic heterocycles. The smallest absolute Gasteiger partial charge is 0.0291 e. The standard InChI is InChI=1S/C8H10Si.H2/c9-7-6-8-4-2-1-3-5-8;/h1-7H,9H3;1H. The van der Waals surface area contributed by atoms with Crippen molar-refractivity contribution in [1.29, 1.82) is 0 Å². The van der Waals surface area contributed by atoms with Crippen LogP contribution in [-0.4, -0.2) is 10.2 Å². The van der Waals surface area contributed by atoms with Crippen LogP contribution in [0.4, 0.5) is 0 Å². The molecule has 0 N–H and O–H groups in total. The molecule has 0 atom stereocenters. The summed E-state index contributed by atoms with van der Waals surface area (Å²) >= 11 is 0. The summed E-state index contributed by atoms with van der Waals surface area (Å²) in [4.78, 5) is 0. The molecule has 0 fully saturated rings. The molecule has 0 unspecified atom stereocenters. The normalized spacial score (nSPS) is 10.7. The molecular weight excluding hydrogens is 124 g/mol. The first-order valence-electron chi connectivity index (χ1n) is 3.11. The number of hydrogen-bond donors (Lipinski definition) is 0. The van der Waals surface area contributed by atoms with E-state index >= 15 is 0 Å². The van der Waals surface area contributed by atoms with Crippen LogP contribution >= 0.6 is 0 Å². The monoisotopic (exact) mass is 136 g/mol. The minimum atomic E-state index is 0. The van der Waals surface area contributed by atoms with E-state index in [4.69, 9.17) is 0 Å². The van der Waals surface area contributed by atoms with Crippen molar-refractivity contribution in [2.24, 2.45) is 0 Å². The molecule has 9 heavy (non-hydrogen) atoms. The van der Waals surface area contributed by atoms with E-state index in [1.807, 2.05) is 6.07 Å². The molecule has 0 bridgehead atoms. The van der Waals surface area contributed by atoms with Crippen molar-refractivity contribution in [3.8, 4) is 0 Å². The molecule has 0 amide bonds. The molecule has 48 valence electrons. The van der Waals surface area contributed by atoms with Crippen LogP contribution in [0, 0.1) is 0 Å². The number of benzene rings is 1. The van der Waals surface area contributed by atoms with Crippen molar-refractivity contribution >= 4 is 16.3 Å². The van der Waals surface area contributed by atoms with E-state index in [0.717, 1.165) is 10.2 Å². The fourth-order valence-corrected chi connectivity index (χ4v) is 1.14. The summed E-state index contributed by atoms with van der Waals surface area (Å²) in [7, 11) is 1.14. The van der Waals surface area contributed by atoms with Crippen LogP contribution < -0.4 is 0 Å². The minimum absolute atomic E-state index is 0. The fourth-order valence-electron chi connectivity index (χ4n) is 0.757. The first kappa shape index (κ1) is 6.30. The van der Waals surface area contributed by atoms with E-state index in [0.29, 0.717) is 0 Å². The Morgan fingerprint density at radius 2 is 1.89 bits per heavy atom. The average Bonchev–Trinajstić information content (AvgIpc) is 1.91. The van der Waals surface area contributed by atoms with Gasteiger partial charge in [0.25, 0.3) is 0 Å². The van der Waals surface area contributed by atoms with Crippen LogP contribution in [0.5, 0.6) is 0 Å². The lowest BCUT2D eigenvalue weighted by molar-refractivity contribution is 1.66. The van der Waals surface area contributed by atoms with Crippen molar-refractivity contribution in [3.05, 3.63) is 41.6 Å². The molecule has 1 aromatic carbocycles. The predicted molar refractivity (Wildman–Crippen MR) is 47.5 cm³/mol. The van der Waals surface area contributed by atoms with Gasteiger partial charge in [-0.2, -0.15) is 0 Å². The maximum atomic E-state index is 2.18. The SMILES string of the molecule is [HH].[SiH3]C=Cc1ccccc1. The molecular formula is C8H12Si. The van der Waals surface area contributed by atoms with E-state index in [1.165, 1.54) is 5.56 Å². The highest BCUT2D eigenvalue weighted by molar-refractivity contribution is 6.19. The first-order valence-corrected chi connectivity index (χ1v) is 4.26. The second-order valence-corrected chi connectivity index (χ2v) is 2.58. The summed E-state index contributed by atoms with van der Waals surface area (Å²) in [5.41, 5.74) is 3.47. The Morgan fingerprint density at radius 3 is 2.44 bits per heavy atom. The average molecular weight is 136 g/mol. The molecule has 0 spiro atoms. The Hall–Kier alpha value is -0.823. The fraction of sp³-hybridized carbons (Fsp3) is 0. The molecule has 1 rings (SSSR count). The Morgan fingerprint density at radius 1 is 1.22 bits per heavy atom. The van der Waals surface area contributed by atoms with Crippen LogP contribution in [0.15, 0.2) is 36.0 Å². The molecule has 0 saturated heterocycles. The summed E-state index contributed by atoms with van der Waals surface area (Å²) in [5, 5.41) is 0. The maximum absolute atomic E-state index is 2.18. The Labute approximate surface area is 60.1 Å². The maximum Gasteiger partial charge on any atom is 0.0291 e. The zero-order chi connectivity index (χ0) is 6.53. The van der Waals surface area contributed by atoms with Crippen LogP contribution in [0.25, 0.3) is 6.08 Å². The van der Waals surface area contributed by atoms with Crippen molar-refractivity contribution in [1.82, 2.24) is 0 Å². The molecule has 0 aliphatic rings. The van der Waals surface area contributed by atoms with Gasteiger partial charge in [0.05, 0.1) is 0 Å². The third-order valence-corrected chi connectivity index (χ3v) is 1.49. The Bertz CT molecular complexity index is 194. The zero-order valence-electron chi connectivity index (χ0n) is 5.54. The van der Waals surface area contributed by atoms with E-state index < -0.39 is 0 Å². The van der Waals surface area contributed by atoms with Crippen LogP contribution in [-0.2, 0) is 0 Å². The van der Waals surface area contributed by atoms with Crippen LogP contribution in [0.3, 0.4) is 0 Å². The van der Waals surface area contributed by atoms with Crippen molar-refractivity contribution in [3.63, 3.8) is 0 Å². The lowest BCUT2D eigenvalue weighted by Crippen LogP contribution is -1.66. The third kappa shape index (κ3) is 1.86. The van der Waals surface area contributed by atoms with E-state index in [9.17, 15) is 0 Å². The lowest BCUT2D eigenvalue weighted by Gasteiger charge is -1.87. The molecule has 0 saturated carbocycles. The van der Waals surface area contributed by atoms with Gasteiger partial charge in [0.15, 0.2) is 0 Å². The highest BCUT2D eigenvalue weighted by Gasteiger charge is 1.77. The van der Waals surface area contributed by atoms with Crippen LogP contribution in [0.2, 0.25) is 0 Å². The van der Waals surface area contributed by atoms with E-state index in [2.05, 4.69) is 36.0 Å². The largest absolute Gasteiger partial charge is 0.105 e. The number of hydrogen-bond acceptors (Lipinski definition) is 0. The van der Waals surface area contributed by atoms with Gasteiger partial charge in [-0.25, -0.2) is 0 Å². The van der Waals surface area contributed by atoms with Gasteiger partial charge in [0.1, 0.15) is 0 Å². The van der Waals surface area contributed by atoms with E-state index in [-0.39, 0.29) is 1.43 Å². The molecule has 0 heterocycles. The van der Waals surface area contributed by atoms with Crippen LogP contribution in [0.1, 0.15) is 6.99 Å². The molecule has 0 radical (unpaired) electrons. The second kappa shape index (κ2) is 3.25. The zero-order valence-corrected chi connectivity index (χ0v) is 7.54. The van der Waals surface area contributed by atoms with Crippen molar-refractivity contribution in [2.75, 3.05) is 0 Å².